The molecule has 0 aromatic heterocycles. The summed E-state index contributed by atoms with van der Waals surface area (Å²) in [7, 11) is 0. The van der Waals surface area contributed by atoms with E-state index in [9.17, 15) is 5.11 Å². The van der Waals surface area contributed by atoms with Gasteiger partial charge in [-0.3, -0.25) is 0 Å². The smallest absolute Gasteiger partial charge is 1.00 e. The van der Waals surface area contributed by atoms with Gasteiger partial charge in [-0.15, -0.1) is 12.7 Å². The fourth-order valence-electron chi connectivity index (χ4n) is 2.05. The number of hydrogen-bond donors (Lipinski definition) is 0. The third kappa shape index (κ3) is 18.3. The first-order chi connectivity index (χ1) is 9.76. The Hall–Kier alpha value is 0.166. The summed E-state index contributed by atoms with van der Waals surface area (Å²) in [6, 6.07) is 0. The van der Waals surface area contributed by atoms with Crippen molar-refractivity contribution in [3.8, 4) is 0 Å². The Labute approximate surface area is 170 Å². The van der Waals surface area contributed by atoms with Crippen LogP contribution in [0, 0.1) is 0 Å². The predicted octanol–water partition coefficient (Wildman–Crippen LogP) is 2.11. The van der Waals surface area contributed by atoms with Crippen molar-refractivity contribution >= 4 is 23.1 Å². The first kappa shape index (κ1) is 28.0. The van der Waals surface area contributed by atoms with Gasteiger partial charge in [-0.05, 0) is 59.8 Å². The molecule has 0 aromatic rings. The molecular weight excluding hydrogens is 360 g/mol. The van der Waals surface area contributed by atoms with Crippen LogP contribution in [-0.4, -0.2) is 28.7 Å². The van der Waals surface area contributed by atoms with Crippen molar-refractivity contribution in [3.05, 3.63) is 47.6 Å². The largest absolute Gasteiger partial charge is 2.00 e. The molecule has 0 spiro atoms. The molecule has 0 aliphatic carbocycles. The fraction of sp³-hybridized carbons (Fsp3) is 0.600. The standard InChI is InChI=1S/C20H33O.BrH.Mg/c1-7-20(6,21)16-10-15-19(5)14-9-13-18(4)12-8-11-17(2)3;;/h7,11,13,15H,1,8-10,12,14,16H2,2-6H3;1H;/q-1;;+2/p-1/b18-13+,19-15+;;. The van der Waals surface area contributed by atoms with Gasteiger partial charge in [0.2, 0.25) is 0 Å². The van der Waals surface area contributed by atoms with E-state index in [1.165, 1.54) is 22.8 Å². The molecule has 1 nitrogen and oxygen atoms in total. The minimum Gasteiger partial charge on any atom is -1.00 e. The SMILES string of the molecule is C=CC(C)([O-])CC/C=C(\C)CC/C=C(\C)CCC=C(C)C.[Br-].[Mg+2]. The van der Waals surface area contributed by atoms with E-state index in [0.29, 0.717) is 6.42 Å². The summed E-state index contributed by atoms with van der Waals surface area (Å²) in [6.07, 6.45) is 14.3. The van der Waals surface area contributed by atoms with E-state index in [4.69, 9.17) is 0 Å². The van der Waals surface area contributed by atoms with E-state index in [-0.39, 0.29) is 40.0 Å². The Morgan fingerprint density at radius 2 is 1.35 bits per heavy atom. The van der Waals surface area contributed by atoms with E-state index in [0.717, 1.165) is 32.1 Å². The van der Waals surface area contributed by atoms with Crippen LogP contribution in [0.25, 0.3) is 0 Å². The molecule has 0 saturated heterocycles. The molecule has 128 valence electrons. The normalized spacial score (nSPS) is 14.2. The van der Waals surface area contributed by atoms with Crippen molar-refractivity contribution in [2.45, 2.75) is 78.7 Å². The van der Waals surface area contributed by atoms with Crippen LogP contribution in [-0.2, 0) is 0 Å². The second kappa shape index (κ2) is 15.7. The Bertz CT molecular complexity index is 402. The molecule has 0 bridgehead atoms. The molecule has 0 fully saturated rings. The number of allylic oxidation sites excluding steroid dienone is 6. The Morgan fingerprint density at radius 1 is 0.913 bits per heavy atom. The maximum atomic E-state index is 11.7. The van der Waals surface area contributed by atoms with Gasteiger partial charge in [0.05, 0.1) is 0 Å². The van der Waals surface area contributed by atoms with Crippen LogP contribution in [0.4, 0.5) is 0 Å². The number of halogens is 1. The molecule has 0 aliphatic heterocycles. The molecule has 1 atom stereocenters. The predicted molar refractivity (Wildman–Crippen MR) is 99.0 cm³/mol. The van der Waals surface area contributed by atoms with Gasteiger partial charge in [0.15, 0.2) is 0 Å². The van der Waals surface area contributed by atoms with Gasteiger partial charge in [0.25, 0.3) is 0 Å². The molecule has 0 saturated carbocycles. The van der Waals surface area contributed by atoms with Crippen molar-refractivity contribution in [1.29, 1.82) is 0 Å². The van der Waals surface area contributed by atoms with Crippen molar-refractivity contribution in [2.75, 3.05) is 0 Å². The quantitative estimate of drug-likeness (QED) is 0.412. The third-order valence-corrected chi connectivity index (χ3v) is 3.69. The van der Waals surface area contributed by atoms with E-state index in [1.54, 1.807) is 6.92 Å². The summed E-state index contributed by atoms with van der Waals surface area (Å²) < 4.78 is 0. The van der Waals surface area contributed by atoms with E-state index in [1.807, 2.05) is 0 Å². The summed E-state index contributed by atoms with van der Waals surface area (Å²) in [4.78, 5) is 0. The molecule has 0 aliphatic rings. The Kier molecular flexibility index (Phi) is 19.1. The average molecular weight is 394 g/mol. The maximum Gasteiger partial charge on any atom is 2.00 e. The molecule has 0 radical (unpaired) electrons. The first-order valence-corrected chi connectivity index (χ1v) is 8.05. The average Bonchev–Trinajstić information content (AvgIpc) is 2.38. The van der Waals surface area contributed by atoms with Gasteiger partial charge in [-0.1, -0.05) is 53.9 Å². The van der Waals surface area contributed by atoms with Gasteiger partial charge in [0.1, 0.15) is 0 Å². The molecule has 1 unspecified atom stereocenters. The monoisotopic (exact) mass is 392 g/mol. The van der Waals surface area contributed by atoms with Gasteiger partial charge in [0, 0.05) is 0 Å². The molecule has 0 N–H and O–H groups in total. The summed E-state index contributed by atoms with van der Waals surface area (Å²) in [5.74, 6) is 0. The van der Waals surface area contributed by atoms with Crippen LogP contribution in [0.2, 0.25) is 0 Å². The van der Waals surface area contributed by atoms with Crippen molar-refractivity contribution in [2.24, 2.45) is 0 Å². The van der Waals surface area contributed by atoms with Gasteiger partial charge < -0.3 is 22.1 Å². The second-order valence-electron chi connectivity index (χ2n) is 6.52. The zero-order valence-electron chi connectivity index (χ0n) is 15.8. The Balaban J connectivity index is -0.00000200. The zero-order valence-corrected chi connectivity index (χ0v) is 18.8. The Morgan fingerprint density at radius 3 is 1.78 bits per heavy atom. The second-order valence-corrected chi connectivity index (χ2v) is 6.52. The molecule has 0 aromatic carbocycles. The summed E-state index contributed by atoms with van der Waals surface area (Å²) in [5.41, 5.74) is 3.26. The molecular formula is C20H33BrMgO. The maximum absolute atomic E-state index is 11.7. The molecule has 3 heteroatoms. The zero-order chi connectivity index (χ0) is 16.3. The molecule has 0 rings (SSSR count). The fourth-order valence-corrected chi connectivity index (χ4v) is 2.05. The third-order valence-electron chi connectivity index (χ3n) is 3.69. The van der Waals surface area contributed by atoms with E-state index < -0.39 is 5.60 Å². The van der Waals surface area contributed by atoms with Crippen LogP contribution in [0.3, 0.4) is 0 Å². The first-order valence-electron chi connectivity index (χ1n) is 8.05. The minimum atomic E-state index is -0.988. The van der Waals surface area contributed by atoms with Gasteiger partial charge in [-0.2, -0.15) is 0 Å². The summed E-state index contributed by atoms with van der Waals surface area (Å²) in [6.45, 7) is 13.9. The molecule has 23 heavy (non-hydrogen) atoms. The van der Waals surface area contributed by atoms with Crippen molar-refractivity contribution in [3.63, 3.8) is 0 Å². The molecule has 0 heterocycles. The van der Waals surface area contributed by atoms with E-state index in [2.05, 4.69) is 52.5 Å². The van der Waals surface area contributed by atoms with Crippen LogP contribution in [0.1, 0.15) is 73.1 Å². The number of rotatable bonds is 10. The van der Waals surface area contributed by atoms with Gasteiger partial charge in [-0.25, -0.2) is 0 Å². The topological polar surface area (TPSA) is 23.1 Å². The van der Waals surface area contributed by atoms with Crippen LogP contribution in [0.5, 0.6) is 0 Å². The van der Waals surface area contributed by atoms with Crippen LogP contribution >= 0.6 is 0 Å². The van der Waals surface area contributed by atoms with Crippen molar-refractivity contribution in [1.82, 2.24) is 0 Å². The summed E-state index contributed by atoms with van der Waals surface area (Å²) in [5, 5.41) is 11.7. The van der Waals surface area contributed by atoms with E-state index >= 15 is 0 Å². The molecule has 0 amide bonds. The minimum absolute atomic E-state index is 0. The van der Waals surface area contributed by atoms with Crippen LogP contribution < -0.4 is 22.1 Å². The number of hydrogen-bond acceptors (Lipinski definition) is 1. The summed E-state index contributed by atoms with van der Waals surface area (Å²) >= 11 is 0. The van der Waals surface area contributed by atoms with Gasteiger partial charge >= 0.3 is 23.1 Å². The van der Waals surface area contributed by atoms with Crippen LogP contribution in [0.15, 0.2) is 47.6 Å². The van der Waals surface area contributed by atoms with Crippen molar-refractivity contribution < 1.29 is 22.1 Å².